The van der Waals surface area contributed by atoms with E-state index in [0.717, 1.165) is 18.4 Å². The third-order valence-corrected chi connectivity index (χ3v) is 3.02. The van der Waals surface area contributed by atoms with Gasteiger partial charge in [0.25, 0.3) is 5.91 Å². The number of fused-ring (bicyclic) bond motifs is 1. The van der Waals surface area contributed by atoms with Crippen molar-refractivity contribution >= 4 is 5.91 Å². The fourth-order valence-corrected chi connectivity index (χ4v) is 2.14. The number of carbonyl (C=O) groups is 1. The first kappa shape index (κ1) is 10.9. The summed E-state index contributed by atoms with van der Waals surface area (Å²) in [5, 5.41) is 2.80. The van der Waals surface area contributed by atoms with Crippen molar-refractivity contribution in [3.05, 3.63) is 47.5 Å². The van der Waals surface area contributed by atoms with Gasteiger partial charge in [0.2, 0.25) is 0 Å². The molecule has 0 heterocycles. The Morgan fingerprint density at radius 1 is 1.31 bits per heavy atom. The smallest absolute Gasteiger partial charge is 0.251 e. The number of hydrogen-bond acceptors (Lipinski definition) is 1. The van der Waals surface area contributed by atoms with Crippen LogP contribution in [0.5, 0.6) is 0 Å². The molecule has 84 valence electrons. The van der Waals surface area contributed by atoms with Crippen molar-refractivity contribution in [3.8, 4) is 0 Å². The van der Waals surface area contributed by atoms with Gasteiger partial charge in [0.05, 0.1) is 0 Å². The number of carbonyl (C=O) groups excluding carboxylic acids is 1. The van der Waals surface area contributed by atoms with Gasteiger partial charge in [-0.25, -0.2) is 0 Å². The lowest BCUT2D eigenvalue weighted by molar-refractivity contribution is 0.0958. The van der Waals surface area contributed by atoms with Crippen molar-refractivity contribution in [2.45, 2.75) is 25.7 Å². The van der Waals surface area contributed by atoms with Gasteiger partial charge in [0, 0.05) is 12.1 Å². The molecule has 0 saturated heterocycles. The highest BCUT2D eigenvalue weighted by Crippen LogP contribution is 2.22. The first-order valence-corrected chi connectivity index (χ1v) is 5.82. The van der Waals surface area contributed by atoms with Crippen LogP contribution in [0, 0.1) is 0 Å². The molecule has 16 heavy (non-hydrogen) atoms. The van der Waals surface area contributed by atoms with Gasteiger partial charge in [-0.3, -0.25) is 4.79 Å². The summed E-state index contributed by atoms with van der Waals surface area (Å²) in [5.41, 5.74) is 3.52. The molecule has 2 heteroatoms. The molecule has 2 rings (SSSR count). The molecular formula is C14H17NO. The molecule has 0 saturated carbocycles. The van der Waals surface area contributed by atoms with Gasteiger partial charge < -0.3 is 5.32 Å². The Morgan fingerprint density at radius 3 is 2.81 bits per heavy atom. The summed E-state index contributed by atoms with van der Waals surface area (Å²) in [6.45, 7) is 4.11. The molecule has 1 aliphatic rings. The van der Waals surface area contributed by atoms with E-state index in [1.165, 1.54) is 24.0 Å². The zero-order chi connectivity index (χ0) is 11.4. The highest BCUT2D eigenvalue weighted by atomic mass is 16.1. The highest BCUT2D eigenvalue weighted by molar-refractivity contribution is 5.94. The number of hydrogen-bond donors (Lipinski definition) is 1. The lowest BCUT2D eigenvalue weighted by atomic mass is 9.90. The van der Waals surface area contributed by atoms with Crippen molar-refractivity contribution < 1.29 is 4.79 Å². The van der Waals surface area contributed by atoms with Crippen molar-refractivity contribution in [1.82, 2.24) is 5.32 Å². The van der Waals surface area contributed by atoms with Crippen LogP contribution < -0.4 is 5.32 Å². The van der Waals surface area contributed by atoms with Crippen LogP contribution in [0.15, 0.2) is 30.9 Å². The van der Waals surface area contributed by atoms with Crippen LogP contribution in [0.1, 0.15) is 34.3 Å². The van der Waals surface area contributed by atoms with Crippen LogP contribution in [0.3, 0.4) is 0 Å². The molecule has 2 nitrogen and oxygen atoms in total. The first-order valence-electron chi connectivity index (χ1n) is 5.82. The van der Waals surface area contributed by atoms with Crippen LogP contribution in [0.4, 0.5) is 0 Å². The zero-order valence-electron chi connectivity index (χ0n) is 9.46. The predicted molar refractivity (Wildman–Crippen MR) is 65.6 cm³/mol. The molecular weight excluding hydrogens is 198 g/mol. The van der Waals surface area contributed by atoms with E-state index in [1.807, 2.05) is 12.1 Å². The number of rotatable bonds is 3. The molecule has 0 unspecified atom stereocenters. The third kappa shape index (κ3) is 2.32. The Hall–Kier alpha value is -1.57. The Kier molecular flexibility index (Phi) is 3.40. The molecule has 0 fully saturated rings. The fraction of sp³-hybridized carbons (Fsp3) is 0.357. The molecule has 0 spiro atoms. The Morgan fingerprint density at radius 2 is 2.06 bits per heavy atom. The summed E-state index contributed by atoms with van der Waals surface area (Å²) in [7, 11) is 0. The van der Waals surface area contributed by atoms with E-state index in [0.29, 0.717) is 6.54 Å². The Labute approximate surface area is 96.4 Å². The number of aryl methyl sites for hydroxylation is 2. The summed E-state index contributed by atoms with van der Waals surface area (Å²) >= 11 is 0. The second-order valence-electron chi connectivity index (χ2n) is 4.19. The number of benzene rings is 1. The summed E-state index contributed by atoms with van der Waals surface area (Å²) in [6.07, 6.45) is 6.47. The topological polar surface area (TPSA) is 29.1 Å². The Bertz CT molecular complexity index is 409. The van der Waals surface area contributed by atoms with Gasteiger partial charge in [-0.1, -0.05) is 12.1 Å². The van der Waals surface area contributed by atoms with Crippen LogP contribution in [-0.2, 0) is 12.8 Å². The minimum atomic E-state index is -0.00623. The SMILES string of the molecule is C=CCNC(=O)c1ccc2c(c1)CCCC2. The minimum Gasteiger partial charge on any atom is -0.349 e. The van der Waals surface area contributed by atoms with E-state index in [4.69, 9.17) is 0 Å². The van der Waals surface area contributed by atoms with Crippen LogP contribution >= 0.6 is 0 Å². The summed E-state index contributed by atoms with van der Waals surface area (Å²) in [5.74, 6) is -0.00623. The zero-order valence-corrected chi connectivity index (χ0v) is 9.46. The molecule has 0 aromatic heterocycles. The van der Waals surface area contributed by atoms with Gasteiger partial charge in [-0.2, -0.15) is 0 Å². The molecule has 1 aliphatic carbocycles. The van der Waals surface area contributed by atoms with Crippen molar-refractivity contribution in [2.75, 3.05) is 6.54 Å². The average Bonchev–Trinajstić information content (AvgIpc) is 2.35. The predicted octanol–water partition coefficient (Wildman–Crippen LogP) is 2.48. The molecule has 1 aromatic rings. The largest absolute Gasteiger partial charge is 0.349 e. The fourth-order valence-electron chi connectivity index (χ4n) is 2.14. The van der Waals surface area contributed by atoms with E-state index in [1.54, 1.807) is 6.08 Å². The normalized spacial score (nSPS) is 14.0. The van der Waals surface area contributed by atoms with E-state index in [-0.39, 0.29) is 5.91 Å². The van der Waals surface area contributed by atoms with E-state index in [2.05, 4.69) is 18.0 Å². The van der Waals surface area contributed by atoms with E-state index >= 15 is 0 Å². The van der Waals surface area contributed by atoms with Gasteiger partial charge >= 0.3 is 0 Å². The second kappa shape index (κ2) is 4.97. The van der Waals surface area contributed by atoms with Crippen molar-refractivity contribution in [1.29, 1.82) is 0 Å². The molecule has 0 bridgehead atoms. The lowest BCUT2D eigenvalue weighted by Gasteiger charge is -2.16. The summed E-state index contributed by atoms with van der Waals surface area (Å²) < 4.78 is 0. The van der Waals surface area contributed by atoms with E-state index < -0.39 is 0 Å². The maximum Gasteiger partial charge on any atom is 0.251 e. The van der Waals surface area contributed by atoms with Gasteiger partial charge in [0.15, 0.2) is 0 Å². The van der Waals surface area contributed by atoms with Crippen LogP contribution in [-0.4, -0.2) is 12.5 Å². The molecule has 0 aliphatic heterocycles. The second-order valence-corrected chi connectivity index (χ2v) is 4.19. The highest BCUT2D eigenvalue weighted by Gasteiger charge is 2.12. The van der Waals surface area contributed by atoms with Gasteiger partial charge in [-0.15, -0.1) is 6.58 Å². The molecule has 1 N–H and O–H groups in total. The molecule has 0 atom stereocenters. The van der Waals surface area contributed by atoms with Crippen LogP contribution in [0.25, 0.3) is 0 Å². The monoisotopic (exact) mass is 215 g/mol. The maximum atomic E-state index is 11.7. The van der Waals surface area contributed by atoms with Gasteiger partial charge in [0.1, 0.15) is 0 Å². The standard InChI is InChI=1S/C14H17NO/c1-2-9-15-14(16)13-8-7-11-5-3-4-6-12(11)10-13/h2,7-8,10H,1,3-6,9H2,(H,15,16). The van der Waals surface area contributed by atoms with Crippen molar-refractivity contribution in [2.24, 2.45) is 0 Å². The molecule has 1 amide bonds. The lowest BCUT2D eigenvalue weighted by Crippen LogP contribution is -2.23. The third-order valence-electron chi connectivity index (χ3n) is 3.02. The number of nitrogens with one attached hydrogen (secondary N) is 1. The van der Waals surface area contributed by atoms with E-state index in [9.17, 15) is 4.79 Å². The average molecular weight is 215 g/mol. The quantitative estimate of drug-likeness (QED) is 0.771. The Balaban J connectivity index is 2.16. The van der Waals surface area contributed by atoms with Crippen molar-refractivity contribution in [3.63, 3.8) is 0 Å². The van der Waals surface area contributed by atoms with Crippen LogP contribution in [0.2, 0.25) is 0 Å². The number of amides is 1. The maximum absolute atomic E-state index is 11.7. The molecule has 1 aromatic carbocycles. The molecule has 0 radical (unpaired) electrons. The minimum absolute atomic E-state index is 0.00623. The van der Waals surface area contributed by atoms with Gasteiger partial charge in [-0.05, 0) is 48.9 Å². The summed E-state index contributed by atoms with van der Waals surface area (Å²) in [6, 6.07) is 6.05. The summed E-state index contributed by atoms with van der Waals surface area (Å²) in [4.78, 5) is 11.7. The first-order chi connectivity index (χ1) is 7.81.